The summed E-state index contributed by atoms with van der Waals surface area (Å²) < 4.78 is 27.4. The highest BCUT2D eigenvalue weighted by atomic mass is 32.2. The number of pyridine rings is 1. The van der Waals surface area contributed by atoms with Gasteiger partial charge in [0.15, 0.2) is 5.03 Å². The van der Waals surface area contributed by atoms with Crippen LogP contribution in [0.15, 0.2) is 23.4 Å². The molecule has 2 heterocycles. The summed E-state index contributed by atoms with van der Waals surface area (Å²) >= 11 is 0. The van der Waals surface area contributed by atoms with Crippen LogP contribution in [-0.4, -0.2) is 51.0 Å². The maximum absolute atomic E-state index is 12.4. The SMILES string of the molecule is CCNc1cccnc1S(=O)(=O)NCC1CCCN1C. The van der Waals surface area contributed by atoms with Crippen LogP contribution in [-0.2, 0) is 10.0 Å². The monoisotopic (exact) mass is 298 g/mol. The Hall–Kier alpha value is -1.18. The Balaban J connectivity index is 2.10. The summed E-state index contributed by atoms with van der Waals surface area (Å²) in [5.74, 6) is 0. The molecule has 1 atom stereocenters. The Morgan fingerprint density at radius 3 is 2.95 bits per heavy atom. The Morgan fingerprint density at radius 2 is 2.30 bits per heavy atom. The molecule has 1 aromatic rings. The fourth-order valence-electron chi connectivity index (χ4n) is 2.44. The minimum atomic E-state index is -3.57. The summed E-state index contributed by atoms with van der Waals surface area (Å²) in [7, 11) is -1.55. The maximum Gasteiger partial charge on any atom is 0.260 e. The van der Waals surface area contributed by atoms with Gasteiger partial charge in [0, 0.05) is 25.3 Å². The second kappa shape index (κ2) is 6.51. The average Bonchev–Trinajstić information content (AvgIpc) is 2.83. The van der Waals surface area contributed by atoms with Gasteiger partial charge in [-0.3, -0.25) is 0 Å². The van der Waals surface area contributed by atoms with E-state index in [4.69, 9.17) is 0 Å². The van der Waals surface area contributed by atoms with E-state index in [1.54, 1.807) is 12.1 Å². The van der Waals surface area contributed by atoms with Crippen LogP contribution in [0.25, 0.3) is 0 Å². The molecule has 0 aromatic carbocycles. The lowest BCUT2D eigenvalue weighted by molar-refractivity contribution is 0.310. The molecule has 1 aromatic heterocycles. The van der Waals surface area contributed by atoms with E-state index in [2.05, 4.69) is 19.9 Å². The average molecular weight is 298 g/mol. The quantitative estimate of drug-likeness (QED) is 0.816. The van der Waals surface area contributed by atoms with Gasteiger partial charge < -0.3 is 10.2 Å². The van der Waals surface area contributed by atoms with Gasteiger partial charge >= 0.3 is 0 Å². The van der Waals surface area contributed by atoms with Crippen molar-refractivity contribution >= 4 is 15.7 Å². The van der Waals surface area contributed by atoms with Crippen LogP contribution < -0.4 is 10.0 Å². The van der Waals surface area contributed by atoms with E-state index in [1.807, 2.05) is 14.0 Å². The second-order valence-electron chi connectivity index (χ2n) is 5.02. The second-order valence-corrected chi connectivity index (χ2v) is 6.70. The third kappa shape index (κ3) is 3.47. The number of hydrogen-bond donors (Lipinski definition) is 2. The molecule has 1 aliphatic heterocycles. The van der Waals surface area contributed by atoms with Crippen molar-refractivity contribution in [1.29, 1.82) is 0 Å². The highest BCUT2D eigenvalue weighted by molar-refractivity contribution is 7.89. The van der Waals surface area contributed by atoms with Gasteiger partial charge in [-0.05, 0) is 45.5 Å². The van der Waals surface area contributed by atoms with Crippen molar-refractivity contribution in [3.05, 3.63) is 18.3 Å². The number of likely N-dealkylation sites (N-methyl/N-ethyl adjacent to an activating group) is 1. The predicted octanol–water partition coefficient (Wildman–Crippen LogP) is 0.886. The Bertz CT molecular complexity index is 547. The van der Waals surface area contributed by atoms with Gasteiger partial charge in [-0.25, -0.2) is 18.1 Å². The number of hydrogen-bond acceptors (Lipinski definition) is 5. The molecule has 0 radical (unpaired) electrons. The van der Waals surface area contributed by atoms with E-state index in [-0.39, 0.29) is 11.1 Å². The van der Waals surface area contributed by atoms with Gasteiger partial charge in [0.05, 0.1) is 5.69 Å². The largest absolute Gasteiger partial charge is 0.383 e. The molecular weight excluding hydrogens is 276 g/mol. The number of nitrogens with zero attached hydrogens (tertiary/aromatic N) is 2. The maximum atomic E-state index is 12.4. The number of rotatable bonds is 6. The van der Waals surface area contributed by atoms with Crippen molar-refractivity contribution < 1.29 is 8.42 Å². The molecule has 1 fully saturated rings. The first-order chi connectivity index (χ1) is 9.54. The van der Waals surface area contributed by atoms with Gasteiger partial charge in [0.25, 0.3) is 10.0 Å². The predicted molar refractivity (Wildman–Crippen MR) is 79.2 cm³/mol. The molecule has 1 aliphatic rings. The van der Waals surface area contributed by atoms with E-state index >= 15 is 0 Å². The Labute approximate surface area is 120 Å². The van der Waals surface area contributed by atoms with Crippen LogP contribution in [0.3, 0.4) is 0 Å². The van der Waals surface area contributed by atoms with Gasteiger partial charge in [-0.1, -0.05) is 0 Å². The lowest BCUT2D eigenvalue weighted by atomic mass is 10.2. The van der Waals surface area contributed by atoms with Crippen LogP contribution >= 0.6 is 0 Å². The zero-order chi connectivity index (χ0) is 14.6. The molecule has 0 aliphatic carbocycles. The summed E-state index contributed by atoms with van der Waals surface area (Å²) in [5, 5.41) is 3.10. The zero-order valence-corrected chi connectivity index (χ0v) is 12.8. The first-order valence-electron chi connectivity index (χ1n) is 6.93. The van der Waals surface area contributed by atoms with Crippen LogP contribution in [0.4, 0.5) is 5.69 Å². The zero-order valence-electron chi connectivity index (χ0n) is 12.0. The molecule has 2 rings (SSSR count). The lowest BCUT2D eigenvalue weighted by Crippen LogP contribution is -2.38. The van der Waals surface area contributed by atoms with Gasteiger partial charge in [-0.15, -0.1) is 0 Å². The number of nitrogens with one attached hydrogen (secondary N) is 2. The molecule has 20 heavy (non-hydrogen) atoms. The van der Waals surface area contributed by atoms with E-state index in [9.17, 15) is 8.42 Å². The molecule has 0 saturated carbocycles. The molecule has 0 spiro atoms. The number of sulfonamides is 1. The number of aromatic nitrogens is 1. The molecule has 0 bridgehead atoms. The van der Waals surface area contributed by atoms with Crippen molar-refractivity contribution in [3.63, 3.8) is 0 Å². The molecule has 1 unspecified atom stereocenters. The summed E-state index contributed by atoms with van der Waals surface area (Å²) in [5.41, 5.74) is 0.544. The third-order valence-electron chi connectivity index (χ3n) is 3.57. The van der Waals surface area contributed by atoms with Gasteiger partial charge in [0.1, 0.15) is 0 Å². The van der Waals surface area contributed by atoms with E-state index in [0.29, 0.717) is 18.8 Å². The fraction of sp³-hybridized carbons (Fsp3) is 0.615. The first-order valence-corrected chi connectivity index (χ1v) is 8.41. The molecule has 1 saturated heterocycles. The Kier molecular flexibility index (Phi) is 4.95. The lowest BCUT2D eigenvalue weighted by Gasteiger charge is -2.20. The van der Waals surface area contributed by atoms with Crippen molar-refractivity contribution in [1.82, 2.24) is 14.6 Å². The summed E-state index contributed by atoms with van der Waals surface area (Å²) in [6.07, 6.45) is 3.65. The molecule has 0 amide bonds. The van der Waals surface area contributed by atoms with Crippen molar-refractivity contribution in [2.75, 3.05) is 32.0 Å². The fourth-order valence-corrected chi connectivity index (χ4v) is 3.62. The topological polar surface area (TPSA) is 74.3 Å². The first kappa shape index (κ1) is 15.2. The van der Waals surface area contributed by atoms with Crippen molar-refractivity contribution in [2.45, 2.75) is 30.8 Å². The highest BCUT2D eigenvalue weighted by Crippen LogP contribution is 2.19. The molecule has 2 N–H and O–H groups in total. The smallest absolute Gasteiger partial charge is 0.260 e. The van der Waals surface area contributed by atoms with E-state index < -0.39 is 10.0 Å². The van der Waals surface area contributed by atoms with Crippen molar-refractivity contribution in [2.24, 2.45) is 0 Å². The van der Waals surface area contributed by atoms with Gasteiger partial charge in [-0.2, -0.15) is 0 Å². The molecule has 6 nitrogen and oxygen atoms in total. The summed E-state index contributed by atoms with van der Waals surface area (Å²) in [4.78, 5) is 6.19. The van der Waals surface area contributed by atoms with Crippen LogP contribution in [0, 0.1) is 0 Å². The molecule has 112 valence electrons. The van der Waals surface area contributed by atoms with Crippen molar-refractivity contribution in [3.8, 4) is 0 Å². The van der Waals surface area contributed by atoms with E-state index in [0.717, 1.165) is 19.4 Å². The van der Waals surface area contributed by atoms with E-state index in [1.165, 1.54) is 6.20 Å². The highest BCUT2D eigenvalue weighted by Gasteiger charge is 2.25. The minimum Gasteiger partial charge on any atom is -0.383 e. The minimum absolute atomic E-state index is 0.0718. The normalized spacial score (nSPS) is 20.2. The Morgan fingerprint density at radius 1 is 1.50 bits per heavy atom. The standard InChI is InChI=1S/C13H22N4O2S/c1-3-14-12-7-4-8-15-13(12)20(18,19)16-10-11-6-5-9-17(11)2/h4,7-8,11,14,16H,3,5-6,9-10H2,1-2H3. The molecular formula is C13H22N4O2S. The van der Waals surface area contributed by atoms with Crippen LogP contribution in [0.2, 0.25) is 0 Å². The van der Waals surface area contributed by atoms with Crippen LogP contribution in [0.5, 0.6) is 0 Å². The third-order valence-corrected chi connectivity index (χ3v) is 4.95. The number of anilines is 1. The van der Waals surface area contributed by atoms with Crippen LogP contribution in [0.1, 0.15) is 19.8 Å². The number of likely N-dealkylation sites (tertiary alicyclic amines) is 1. The molecule has 7 heteroatoms. The summed E-state index contributed by atoms with van der Waals surface area (Å²) in [6.45, 7) is 4.03. The summed E-state index contributed by atoms with van der Waals surface area (Å²) in [6, 6.07) is 3.73. The van der Waals surface area contributed by atoms with Gasteiger partial charge in [0.2, 0.25) is 0 Å².